The molecule has 1 unspecified atom stereocenters. The maximum absolute atomic E-state index is 7.10. The Balaban J connectivity index is 1.05. The summed E-state index contributed by atoms with van der Waals surface area (Å²) in [6, 6.07) is 70.4. The highest BCUT2D eigenvalue weighted by molar-refractivity contribution is 5.19. The Morgan fingerprint density at radius 2 is 0.534 bits per heavy atom. The molecule has 2 aliphatic rings. The van der Waals surface area contributed by atoms with Crippen LogP contribution in [0.2, 0.25) is 0 Å². The molecule has 0 N–H and O–H groups in total. The zero-order valence-corrected chi connectivity index (χ0v) is 41.3. The number of hydrogen-bond donors (Lipinski definition) is 0. The van der Waals surface area contributed by atoms with Crippen molar-refractivity contribution in [2.24, 2.45) is 0 Å². The first kappa shape index (κ1) is 52.0. The molecule has 11 nitrogen and oxygen atoms in total. The van der Waals surface area contributed by atoms with Gasteiger partial charge in [-0.05, 0) is 38.9 Å². The molecule has 0 aliphatic carbocycles. The molecule has 0 bridgehead atoms. The molecule has 2 saturated heterocycles. The third-order valence-corrected chi connectivity index (χ3v) is 12.9. The number of benzene rings is 7. The number of hydrogen-bond acceptors (Lipinski definition) is 11. The van der Waals surface area contributed by atoms with Crippen LogP contribution in [0.1, 0.15) is 38.9 Å². The van der Waals surface area contributed by atoms with Gasteiger partial charge in [0, 0.05) is 7.11 Å². The average Bonchev–Trinajstić information content (AvgIpc) is 3.45. The van der Waals surface area contributed by atoms with E-state index in [9.17, 15) is 0 Å². The highest BCUT2D eigenvalue weighted by Gasteiger charge is 2.52. The Kier molecular flexibility index (Phi) is 19.9. The largest absolute Gasteiger partial charge is 0.374 e. The topological polar surface area (TPSA) is 102 Å². The summed E-state index contributed by atoms with van der Waals surface area (Å²) in [6.07, 6.45) is -7.47. The SMILES string of the molecule is CO[C@H]1O[C@H](COC2O[C@H](COCc3ccccc3)[C@@H](OCc3ccccc3)[C@H](OCc3ccccc3)[C@@H]2OCc2ccccc2)[C@@H](OCc2ccccc2)[C@H](OCc2ccccc2)[C@@H]1OCc1ccccc1. The van der Waals surface area contributed by atoms with Crippen molar-refractivity contribution in [2.45, 2.75) is 108 Å². The third kappa shape index (κ3) is 15.3. The molecule has 73 heavy (non-hydrogen) atoms. The minimum atomic E-state index is -0.999. The van der Waals surface area contributed by atoms with Crippen LogP contribution in [0, 0.1) is 0 Å². The van der Waals surface area contributed by atoms with Crippen LogP contribution in [0.5, 0.6) is 0 Å². The zero-order valence-electron chi connectivity index (χ0n) is 41.3. The highest BCUT2D eigenvalue weighted by atomic mass is 16.7. The first-order valence-electron chi connectivity index (χ1n) is 25.2. The molecule has 0 amide bonds. The van der Waals surface area contributed by atoms with Crippen LogP contribution in [0.15, 0.2) is 212 Å². The van der Waals surface area contributed by atoms with Crippen molar-refractivity contribution < 1.29 is 52.1 Å². The second kappa shape index (κ2) is 28.0. The molecule has 11 heteroatoms. The van der Waals surface area contributed by atoms with E-state index in [1.165, 1.54) is 0 Å². The molecular weight excluding hydrogens is 921 g/mol. The van der Waals surface area contributed by atoms with Crippen LogP contribution in [-0.2, 0) is 98.4 Å². The second-order valence-electron chi connectivity index (χ2n) is 18.2. The van der Waals surface area contributed by atoms with Gasteiger partial charge in [-0.2, -0.15) is 0 Å². The molecule has 7 aromatic rings. The van der Waals surface area contributed by atoms with Gasteiger partial charge in [0.25, 0.3) is 0 Å². The van der Waals surface area contributed by atoms with Crippen LogP contribution >= 0.6 is 0 Å². The summed E-state index contributed by atoms with van der Waals surface area (Å²) < 4.78 is 75.2. The quantitative estimate of drug-likeness (QED) is 0.0518. The summed E-state index contributed by atoms with van der Waals surface area (Å²) in [5.41, 5.74) is 7.00. The van der Waals surface area contributed by atoms with E-state index in [4.69, 9.17) is 52.1 Å². The molecule has 380 valence electrons. The van der Waals surface area contributed by atoms with E-state index in [1.54, 1.807) is 7.11 Å². The van der Waals surface area contributed by atoms with Gasteiger partial charge in [0.05, 0.1) is 59.5 Å². The fourth-order valence-electron chi connectivity index (χ4n) is 9.14. The zero-order chi connectivity index (χ0) is 49.7. The van der Waals surface area contributed by atoms with Gasteiger partial charge < -0.3 is 52.1 Å². The normalized spacial score (nSPS) is 24.0. The second-order valence-corrected chi connectivity index (χ2v) is 18.2. The van der Waals surface area contributed by atoms with Crippen molar-refractivity contribution in [3.05, 3.63) is 251 Å². The van der Waals surface area contributed by atoms with E-state index in [0.29, 0.717) is 26.4 Å². The smallest absolute Gasteiger partial charge is 0.187 e. The molecule has 9 rings (SSSR count). The van der Waals surface area contributed by atoms with Gasteiger partial charge in [0.15, 0.2) is 12.6 Å². The van der Waals surface area contributed by atoms with Crippen molar-refractivity contribution in [2.75, 3.05) is 20.3 Å². The highest BCUT2D eigenvalue weighted by Crippen LogP contribution is 2.35. The summed E-state index contributed by atoms with van der Waals surface area (Å²) in [4.78, 5) is 0. The number of rotatable bonds is 26. The molecule has 7 aromatic carbocycles. The summed E-state index contributed by atoms with van der Waals surface area (Å²) in [7, 11) is 1.61. The number of ether oxygens (including phenoxy) is 11. The number of methoxy groups -OCH3 is 1. The fraction of sp³-hybridized carbons (Fsp3) is 0.323. The van der Waals surface area contributed by atoms with E-state index < -0.39 is 61.4 Å². The lowest BCUT2D eigenvalue weighted by molar-refractivity contribution is -0.351. The first-order chi connectivity index (χ1) is 36.2. The minimum Gasteiger partial charge on any atom is -0.374 e. The minimum absolute atomic E-state index is 0.00960. The van der Waals surface area contributed by atoms with E-state index >= 15 is 0 Å². The Morgan fingerprint density at radius 1 is 0.274 bits per heavy atom. The van der Waals surface area contributed by atoms with Crippen molar-refractivity contribution in [1.82, 2.24) is 0 Å². The molecule has 0 saturated carbocycles. The van der Waals surface area contributed by atoms with Gasteiger partial charge in [-0.25, -0.2) is 0 Å². The fourth-order valence-corrected chi connectivity index (χ4v) is 9.14. The molecule has 10 atom stereocenters. The molecule has 0 aromatic heterocycles. The van der Waals surface area contributed by atoms with Gasteiger partial charge >= 0.3 is 0 Å². The van der Waals surface area contributed by atoms with Crippen LogP contribution in [0.25, 0.3) is 0 Å². The lowest BCUT2D eigenvalue weighted by Gasteiger charge is -2.48. The maximum atomic E-state index is 7.10. The Labute approximate surface area is 429 Å². The van der Waals surface area contributed by atoms with Crippen molar-refractivity contribution in [1.29, 1.82) is 0 Å². The van der Waals surface area contributed by atoms with Crippen molar-refractivity contribution >= 4 is 0 Å². The Bertz CT molecular complexity index is 2560. The van der Waals surface area contributed by atoms with E-state index in [-0.39, 0.29) is 33.0 Å². The van der Waals surface area contributed by atoms with Crippen LogP contribution in [0.4, 0.5) is 0 Å². The van der Waals surface area contributed by atoms with Gasteiger partial charge in [-0.3, -0.25) is 0 Å². The Morgan fingerprint density at radius 3 is 0.863 bits per heavy atom. The van der Waals surface area contributed by atoms with Crippen LogP contribution in [-0.4, -0.2) is 81.7 Å². The molecular formula is C62H66O11. The summed E-state index contributed by atoms with van der Waals surface area (Å²) >= 11 is 0. The van der Waals surface area contributed by atoms with Gasteiger partial charge in [0.2, 0.25) is 0 Å². The average molecular weight is 987 g/mol. The van der Waals surface area contributed by atoms with Gasteiger partial charge in [-0.15, -0.1) is 0 Å². The standard InChI is InChI=1S/C62H66O11/c1-63-61-59(69-42-51-33-19-7-20-34-51)57(67-40-49-29-15-5-16-30-49)56(66-39-48-27-13-4-14-28-48)54(72-61)45-71-62-60(70-43-52-35-21-8-22-36-52)58(68-41-50-31-17-6-18-32-50)55(65-38-47-25-11-3-12-26-47)53(73-62)44-64-37-46-23-9-2-10-24-46/h2-36,53-62H,37-45H2,1H3/t53-,54-,55-,56-,57+,58+,59+,60+,61+,62?/m1/s1. The van der Waals surface area contributed by atoms with Crippen molar-refractivity contribution in [3.63, 3.8) is 0 Å². The van der Waals surface area contributed by atoms with E-state index in [1.807, 2.05) is 212 Å². The lowest BCUT2D eigenvalue weighted by atomic mass is 9.96. The monoisotopic (exact) mass is 986 g/mol. The predicted molar refractivity (Wildman–Crippen MR) is 276 cm³/mol. The molecule has 0 spiro atoms. The van der Waals surface area contributed by atoms with Gasteiger partial charge in [-0.1, -0.05) is 212 Å². The molecule has 2 heterocycles. The Hall–Kier alpha value is -5.90. The molecule has 2 fully saturated rings. The lowest BCUT2D eigenvalue weighted by Crippen LogP contribution is -2.64. The van der Waals surface area contributed by atoms with Crippen LogP contribution < -0.4 is 0 Å². The molecule has 0 radical (unpaired) electrons. The third-order valence-electron chi connectivity index (χ3n) is 12.9. The maximum Gasteiger partial charge on any atom is 0.187 e. The predicted octanol–water partition coefficient (Wildman–Crippen LogP) is 10.8. The van der Waals surface area contributed by atoms with Crippen molar-refractivity contribution in [3.8, 4) is 0 Å². The summed E-state index contributed by atoms with van der Waals surface area (Å²) in [6.45, 7) is 2.25. The first-order valence-corrected chi connectivity index (χ1v) is 25.2. The van der Waals surface area contributed by atoms with E-state index in [2.05, 4.69) is 0 Å². The summed E-state index contributed by atoms with van der Waals surface area (Å²) in [5, 5.41) is 0. The van der Waals surface area contributed by atoms with Gasteiger partial charge in [0.1, 0.15) is 48.8 Å². The van der Waals surface area contributed by atoms with Crippen LogP contribution in [0.3, 0.4) is 0 Å². The van der Waals surface area contributed by atoms with E-state index in [0.717, 1.165) is 38.9 Å². The summed E-state index contributed by atoms with van der Waals surface area (Å²) in [5.74, 6) is 0. The molecule has 2 aliphatic heterocycles.